The highest BCUT2D eigenvalue weighted by Crippen LogP contribution is 2.30. The molecule has 1 aliphatic rings. The van der Waals surface area contributed by atoms with E-state index in [4.69, 9.17) is 10.5 Å². The third-order valence-electron chi connectivity index (χ3n) is 2.52. The number of nitrogen functional groups attached to an aromatic ring is 1. The van der Waals surface area contributed by atoms with Gasteiger partial charge in [-0.2, -0.15) is 0 Å². The van der Waals surface area contributed by atoms with E-state index in [1.165, 1.54) is 4.90 Å². The fourth-order valence-corrected chi connectivity index (χ4v) is 1.81. The van der Waals surface area contributed by atoms with Crippen molar-refractivity contribution in [3.63, 3.8) is 0 Å². The molecular weight excluding hydrogens is 218 g/mol. The Bertz CT molecular complexity index is 452. The van der Waals surface area contributed by atoms with Gasteiger partial charge < -0.3 is 10.5 Å². The molecule has 0 unspecified atom stereocenters. The maximum absolute atomic E-state index is 12.0. The summed E-state index contributed by atoms with van der Waals surface area (Å²) in [5, 5.41) is 0. The Balaban J connectivity index is 2.23. The first-order chi connectivity index (χ1) is 7.88. The third kappa shape index (κ3) is 2.33. The molecule has 0 saturated carbocycles. The number of nitrogens with zero attached hydrogens (tertiary/aromatic N) is 2. The topological polar surface area (TPSA) is 68.5 Å². The predicted octanol–water partition coefficient (Wildman–Crippen LogP) is 1.96. The average molecular weight is 235 g/mol. The van der Waals surface area contributed by atoms with Crippen LogP contribution in [0.15, 0.2) is 12.3 Å². The summed E-state index contributed by atoms with van der Waals surface area (Å²) in [6, 6.07) is 1.75. The quantitative estimate of drug-likeness (QED) is 0.746. The van der Waals surface area contributed by atoms with Crippen molar-refractivity contribution in [2.24, 2.45) is 0 Å². The first-order valence-corrected chi connectivity index (χ1v) is 5.62. The molecule has 1 aliphatic heterocycles. The Morgan fingerprint density at radius 3 is 2.88 bits per heavy atom. The molecule has 0 fully saturated rings. The number of carbonyl (C=O) groups excluding carboxylic acids is 1. The molecule has 5 nitrogen and oxygen atoms in total. The lowest BCUT2D eigenvalue weighted by Gasteiger charge is -2.24. The van der Waals surface area contributed by atoms with Crippen molar-refractivity contribution in [1.82, 2.24) is 4.98 Å². The molecule has 2 N–H and O–H groups in total. The number of anilines is 2. The molecule has 1 aromatic heterocycles. The summed E-state index contributed by atoms with van der Waals surface area (Å²) in [5.41, 5.74) is 6.95. The normalized spacial score (nSPS) is 14.6. The van der Waals surface area contributed by atoms with Crippen molar-refractivity contribution in [3.8, 4) is 0 Å². The fraction of sp³-hybridized carbons (Fsp3) is 0.500. The monoisotopic (exact) mass is 235 g/mol. The Morgan fingerprint density at radius 2 is 2.24 bits per heavy atom. The van der Waals surface area contributed by atoms with Crippen LogP contribution in [0.4, 0.5) is 16.3 Å². The van der Waals surface area contributed by atoms with Crippen LogP contribution < -0.4 is 10.6 Å². The van der Waals surface area contributed by atoms with E-state index in [2.05, 4.69) is 4.98 Å². The molecule has 0 radical (unpaired) electrons. The molecule has 1 amide bonds. The molecule has 2 rings (SSSR count). The molecule has 0 spiro atoms. The highest BCUT2D eigenvalue weighted by Gasteiger charge is 2.30. The summed E-state index contributed by atoms with van der Waals surface area (Å²) in [6.07, 6.45) is 1.97. The predicted molar refractivity (Wildman–Crippen MR) is 65.9 cm³/mol. The van der Waals surface area contributed by atoms with Gasteiger partial charge in [0.05, 0.1) is 0 Å². The number of aromatic nitrogens is 1. The van der Waals surface area contributed by atoms with E-state index in [1.54, 1.807) is 12.3 Å². The van der Waals surface area contributed by atoms with Crippen molar-refractivity contribution in [2.45, 2.75) is 32.8 Å². The summed E-state index contributed by atoms with van der Waals surface area (Å²) in [6.45, 7) is 6.10. The van der Waals surface area contributed by atoms with Crippen molar-refractivity contribution >= 4 is 17.6 Å². The van der Waals surface area contributed by atoms with E-state index >= 15 is 0 Å². The van der Waals surface area contributed by atoms with E-state index in [9.17, 15) is 4.79 Å². The van der Waals surface area contributed by atoms with Crippen LogP contribution in [0.2, 0.25) is 0 Å². The second-order valence-electron chi connectivity index (χ2n) is 5.08. The lowest BCUT2D eigenvalue weighted by molar-refractivity contribution is 0.0583. The first-order valence-electron chi connectivity index (χ1n) is 5.62. The molecule has 0 bridgehead atoms. The van der Waals surface area contributed by atoms with Crippen LogP contribution >= 0.6 is 0 Å². The molecule has 5 heteroatoms. The van der Waals surface area contributed by atoms with Crippen LogP contribution in [0.25, 0.3) is 0 Å². The van der Waals surface area contributed by atoms with Crippen molar-refractivity contribution in [3.05, 3.63) is 17.8 Å². The average Bonchev–Trinajstić information content (AvgIpc) is 2.60. The smallest absolute Gasteiger partial charge is 0.416 e. The molecule has 1 aromatic rings. The molecule has 0 saturated heterocycles. The lowest BCUT2D eigenvalue weighted by atomic mass is 10.2. The number of ether oxygens (including phenoxy) is 1. The number of nitrogens with two attached hydrogens (primary N) is 1. The van der Waals surface area contributed by atoms with Crippen molar-refractivity contribution in [2.75, 3.05) is 17.2 Å². The van der Waals surface area contributed by atoms with Gasteiger partial charge in [-0.25, -0.2) is 9.78 Å². The number of hydrogen-bond donors (Lipinski definition) is 1. The zero-order valence-corrected chi connectivity index (χ0v) is 10.4. The minimum Gasteiger partial charge on any atom is -0.443 e. The number of carbonyl (C=O) groups is 1. The minimum absolute atomic E-state index is 0.366. The largest absolute Gasteiger partial charge is 0.443 e. The molecule has 92 valence electrons. The standard InChI is InChI=1S/C12H17N3O2/c1-12(2,3)17-11(16)15-7-5-8-9(13)4-6-14-10(8)15/h4,6H,5,7H2,1-3H3,(H2,13,14). The van der Waals surface area contributed by atoms with Gasteiger partial charge in [0.2, 0.25) is 0 Å². The van der Waals surface area contributed by atoms with Crippen molar-refractivity contribution in [1.29, 1.82) is 0 Å². The van der Waals surface area contributed by atoms with Crippen LogP contribution in [0.3, 0.4) is 0 Å². The van der Waals surface area contributed by atoms with Crippen LogP contribution in [0.5, 0.6) is 0 Å². The van der Waals surface area contributed by atoms with Crippen LogP contribution in [-0.2, 0) is 11.2 Å². The van der Waals surface area contributed by atoms with E-state index in [-0.39, 0.29) is 6.09 Å². The highest BCUT2D eigenvalue weighted by atomic mass is 16.6. The van der Waals surface area contributed by atoms with Gasteiger partial charge in [-0.05, 0) is 33.3 Å². The molecular formula is C12H17N3O2. The fourth-order valence-electron chi connectivity index (χ4n) is 1.81. The van der Waals surface area contributed by atoms with Gasteiger partial charge >= 0.3 is 6.09 Å². The summed E-state index contributed by atoms with van der Waals surface area (Å²) in [7, 11) is 0. The SMILES string of the molecule is CC(C)(C)OC(=O)N1CCc2c(N)ccnc21. The summed E-state index contributed by atoms with van der Waals surface area (Å²) >= 11 is 0. The number of pyridine rings is 1. The highest BCUT2D eigenvalue weighted by molar-refractivity contribution is 5.90. The molecule has 0 atom stereocenters. The molecule has 0 aliphatic carbocycles. The van der Waals surface area contributed by atoms with Gasteiger partial charge in [0.25, 0.3) is 0 Å². The number of amides is 1. The van der Waals surface area contributed by atoms with Gasteiger partial charge in [0.1, 0.15) is 11.4 Å². The van der Waals surface area contributed by atoms with Crippen LogP contribution in [0.1, 0.15) is 26.3 Å². The Hall–Kier alpha value is -1.78. The van der Waals surface area contributed by atoms with Crippen molar-refractivity contribution < 1.29 is 9.53 Å². The van der Waals surface area contributed by atoms with E-state index < -0.39 is 5.60 Å². The minimum atomic E-state index is -0.500. The van der Waals surface area contributed by atoms with Crippen LogP contribution in [-0.4, -0.2) is 23.2 Å². The van der Waals surface area contributed by atoms with E-state index in [0.717, 1.165) is 12.0 Å². The number of hydrogen-bond acceptors (Lipinski definition) is 4. The van der Waals surface area contributed by atoms with Gasteiger partial charge in [0.15, 0.2) is 0 Å². The second-order valence-corrected chi connectivity index (χ2v) is 5.08. The number of fused-ring (bicyclic) bond motifs is 1. The van der Waals surface area contributed by atoms with Gasteiger partial charge in [-0.3, -0.25) is 4.90 Å². The van der Waals surface area contributed by atoms with E-state index in [1.807, 2.05) is 20.8 Å². The Labute approximate surface area is 101 Å². The zero-order chi connectivity index (χ0) is 12.6. The van der Waals surface area contributed by atoms with E-state index in [0.29, 0.717) is 18.1 Å². The first kappa shape index (κ1) is 11.7. The summed E-state index contributed by atoms with van der Waals surface area (Å²) in [5.74, 6) is 0.624. The number of rotatable bonds is 0. The molecule has 0 aromatic carbocycles. The van der Waals surface area contributed by atoms with Gasteiger partial charge in [0, 0.05) is 24.0 Å². The zero-order valence-electron chi connectivity index (χ0n) is 10.4. The molecule has 17 heavy (non-hydrogen) atoms. The van der Waals surface area contributed by atoms with Gasteiger partial charge in [-0.15, -0.1) is 0 Å². The molecule has 2 heterocycles. The summed E-state index contributed by atoms with van der Waals surface area (Å²) in [4.78, 5) is 17.7. The summed E-state index contributed by atoms with van der Waals surface area (Å²) < 4.78 is 5.32. The Kier molecular flexibility index (Phi) is 2.69. The van der Waals surface area contributed by atoms with Gasteiger partial charge in [-0.1, -0.05) is 0 Å². The van der Waals surface area contributed by atoms with Crippen LogP contribution in [0, 0.1) is 0 Å². The third-order valence-corrected chi connectivity index (χ3v) is 2.52. The second kappa shape index (κ2) is 3.91. The maximum Gasteiger partial charge on any atom is 0.416 e. The lowest BCUT2D eigenvalue weighted by Crippen LogP contribution is -2.36. The Morgan fingerprint density at radius 1 is 1.53 bits per heavy atom. The maximum atomic E-state index is 12.0.